The Morgan fingerprint density at radius 2 is 1.81 bits per heavy atom. The summed E-state index contributed by atoms with van der Waals surface area (Å²) in [5, 5.41) is 11.4. The largest absolute Gasteiger partial charge is 0.359 e. The van der Waals surface area contributed by atoms with Crippen LogP contribution in [0.1, 0.15) is 12.5 Å². The molecular weight excluding hydrogens is 198 g/mol. The van der Waals surface area contributed by atoms with Gasteiger partial charge in [0.05, 0.1) is 0 Å². The minimum atomic E-state index is -0.888. The predicted molar refractivity (Wildman–Crippen MR) is 63.9 cm³/mol. The van der Waals surface area contributed by atoms with Gasteiger partial charge in [0.15, 0.2) is 5.60 Å². The second-order valence-electron chi connectivity index (χ2n) is 3.88. The molecular formula is C14H13NO. The van der Waals surface area contributed by atoms with Crippen LogP contribution in [0.2, 0.25) is 0 Å². The van der Waals surface area contributed by atoms with E-state index in [1.54, 1.807) is 14.0 Å². The molecule has 0 aromatic heterocycles. The SMILES string of the molecule is COC(C)(C#N)c1cccc2ccccc12. The second kappa shape index (κ2) is 3.96. The lowest BCUT2D eigenvalue weighted by atomic mass is 9.92. The zero-order chi connectivity index (χ0) is 11.6. The molecule has 2 nitrogen and oxygen atoms in total. The third-order valence-electron chi connectivity index (χ3n) is 2.93. The van der Waals surface area contributed by atoms with Crippen LogP contribution in [0.15, 0.2) is 42.5 Å². The molecule has 2 rings (SSSR count). The quantitative estimate of drug-likeness (QED) is 0.764. The van der Waals surface area contributed by atoms with Crippen molar-refractivity contribution in [2.45, 2.75) is 12.5 Å². The van der Waals surface area contributed by atoms with Crippen molar-refractivity contribution in [3.63, 3.8) is 0 Å². The molecule has 0 bridgehead atoms. The highest BCUT2D eigenvalue weighted by Crippen LogP contribution is 2.30. The van der Waals surface area contributed by atoms with Crippen LogP contribution in [-0.4, -0.2) is 7.11 Å². The van der Waals surface area contributed by atoms with Gasteiger partial charge in [-0.2, -0.15) is 5.26 Å². The van der Waals surface area contributed by atoms with Gasteiger partial charge in [-0.3, -0.25) is 0 Å². The van der Waals surface area contributed by atoms with Gasteiger partial charge in [-0.1, -0.05) is 42.5 Å². The molecule has 80 valence electrons. The Morgan fingerprint density at radius 1 is 1.12 bits per heavy atom. The smallest absolute Gasteiger partial charge is 0.176 e. The first-order valence-electron chi connectivity index (χ1n) is 5.16. The normalized spacial score (nSPS) is 14.3. The Labute approximate surface area is 95.1 Å². The third kappa shape index (κ3) is 1.56. The fourth-order valence-electron chi connectivity index (χ4n) is 1.86. The predicted octanol–water partition coefficient (Wildman–Crippen LogP) is 3.22. The number of hydrogen-bond acceptors (Lipinski definition) is 2. The van der Waals surface area contributed by atoms with Crippen LogP contribution >= 0.6 is 0 Å². The van der Waals surface area contributed by atoms with Crippen molar-refractivity contribution in [3.8, 4) is 6.07 Å². The van der Waals surface area contributed by atoms with Crippen molar-refractivity contribution >= 4 is 10.8 Å². The molecule has 1 atom stereocenters. The monoisotopic (exact) mass is 211 g/mol. The third-order valence-corrected chi connectivity index (χ3v) is 2.93. The number of hydrogen-bond donors (Lipinski definition) is 0. The average molecular weight is 211 g/mol. The number of ether oxygens (including phenoxy) is 1. The molecule has 0 radical (unpaired) electrons. The zero-order valence-corrected chi connectivity index (χ0v) is 9.40. The summed E-state index contributed by atoms with van der Waals surface area (Å²) in [5.74, 6) is 0. The maximum Gasteiger partial charge on any atom is 0.176 e. The van der Waals surface area contributed by atoms with E-state index in [0.717, 1.165) is 16.3 Å². The zero-order valence-electron chi connectivity index (χ0n) is 9.40. The van der Waals surface area contributed by atoms with Gasteiger partial charge in [-0.25, -0.2) is 0 Å². The van der Waals surface area contributed by atoms with E-state index in [9.17, 15) is 5.26 Å². The highest BCUT2D eigenvalue weighted by atomic mass is 16.5. The molecule has 0 saturated heterocycles. The van der Waals surface area contributed by atoms with Gasteiger partial charge < -0.3 is 4.74 Å². The Morgan fingerprint density at radius 3 is 2.50 bits per heavy atom. The van der Waals surface area contributed by atoms with Crippen molar-refractivity contribution in [2.24, 2.45) is 0 Å². The summed E-state index contributed by atoms with van der Waals surface area (Å²) in [4.78, 5) is 0. The first-order valence-corrected chi connectivity index (χ1v) is 5.16. The fraction of sp³-hybridized carbons (Fsp3) is 0.214. The van der Waals surface area contributed by atoms with Gasteiger partial charge in [0.2, 0.25) is 0 Å². The van der Waals surface area contributed by atoms with E-state index in [-0.39, 0.29) is 0 Å². The fourth-order valence-corrected chi connectivity index (χ4v) is 1.86. The van der Waals surface area contributed by atoms with E-state index in [1.807, 2.05) is 42.5 Å². The molecule has 0 heterocycles. The highest BCUT2D eigenvalue weighted by Gasteiger charge is 2.27. The van der Waals surface area contributed by atoms with E-state index in [4.69, 9.17) is 4.74 Å². The highest BCUT2D eigenvalue weighted by molar-refractivity contribution is 5.86. The molecule has 0 aliphatic rings. The van der Waals surface area contributed by atoms with E-state index in [2.05, 4.69) is 6.07 Å². The van der Waals surface area contributed by atoms with Gasteiger partial charge in [-0.05, 0) is 17.7 Å². The molecule has 0 aliphatic heterocycles. The number of benzene rings is 2. The summed E-state index contributed by atoms with van der Waals surface area (Å²) >= 11 is 0. The first-order chi connectivity index (χ1) is 7.71. The number of nitriles is 1. The summed E-state index contributed by atoms with van der Waals surface area (Å²) in [7, 11) is 1.56. The van der Waals surface area contributed by atoms with Gasteiger partial charge in [0.1, 0.15) is 6.07 Å². The minimum Gasteiger partial charge on any atom is -0.359 e. The van der Waals surface area contributed by atoms with E-state index >= 15 is 0 Å². The molecule has 2 aromatic carbocycles. The number of rotatable bonds is 2. The van der Waals surface area contributed by atoms with Gasteiger partial charge in [0, 0.05) is 12.7 Å². The topological polar surface area (TPSA) is 33.0 Å². The average Bonchev–Trinajstić information content (AvgIpc) is 2.37. The van der Waals surface area contributed by atoms with Crippen molar-refractivity contribution in [2.75, 3.05) is 7.11 Å². The van der Waals surface area contributed by atoms with Gasteiger partial charge in [-0.15, -0.1) is 0 Å². The standard InChI is InChI=1S/C14H13NO/c1-14(10-15,16-2)13-9-5-7-11-6-3-4-8-12(11)13/h3-9H,1-2H3. The lowest BCUT2D eigenvalue weighted by Gasteiger charge is -2.21. The molecule has 1 unspecified atom stereocenters. The Balaban J connectivity index is 2.75. The Kier molecular flexibility index (Phi) is 2.64. The van der Waals surface area contributed by atoms with Gasteiger partial charge >= 0.3 is 0 Å². The molecule has 0 N–H and O–H groups in total. The molecule has 0 aliphatic carbocycles. The second-order valence-corrected chi connectivity index (χ2v) is 3.88. The molecule has 0 saturated carbocycles. The molecule has 16 heavy (non-hydrogen) atoms. The van der Waals surface area contributed by atoms with Crippen LogP contribution < -0.4 is 0 Å². The number of methoxy groups -OCH3 is 1. The van der Waals surface area contributed by atoms with Crippen LogP contribution in [0.25, 0.3) is 10.8 Å². The minimum absolute atomic E-state index is 0.888. The summed E-state index contributed by atoms with van der Waals surface area (Å²) < 4.78 is 5.32. The van der Waals surface area contributed by atoms with Crippen LogP contribution in [0.5, 0.6) is 0 Å². The molecule has 2 aromatic rings. The summed E-state index contributed by atoms with van der Waals surface area (Å²) in [6, 6.07) is 16.1. The number of fused-ring (bicyclic) bond motifs is 1. The maximum atomic E-state index is 9.22. The van der Waals surface area contributed by atoms with Crippen molar-refractivity contribution in [1.29, 1.82) is 5.26 Å². The maximum absolute atomic E-state index is 9.22. The Bertz CT molecular complexity index is 551. The van der Waals surface area contributed by atoms with Crippen LogP contribution in [0, 0.1) is 11.3 Å². The summed E-state index contributed by atoms with van der Waals surface area (Å²) in [6.45, 7) is 1.79. The Hall–Kier alpha value is -1.85. The van der Waals surface area contributed by atoms with Crippen LogP contribution in [0.3, 0.4) is 0 Å². The lowest BCUT2D eigenvalue weighted by molar-refractivity contribution is 0.0545. The number of nitrogens with zero attached hydrogens (tertiary/aromatic N) is 1. The van der Waals surface area contributed by atoms with Gasteiger partial charge in [0.25, 0.3) is 0 Å². The molecule has 2 heteroatoms. The van der Waals surface area contributed by atoms with Crippen LogP contribution in [0.4, 0.5) is 0 Å². The van der Waals surface area contributed by atoms with Crippen molar-refractivity contribution in [1.82, 2.24) is 0 Å². The van der Waals surface area contributed by atoms with E-state index in [1.165, 1.54) is 0 Å². The van der Waals surface area contributed by atoms with Crippen LogP contribution in [-0.2, 0) is 10.3 Å². The van der Waals surface area contributed by atoms with E-state index < -0.39 is 5.60 Å². The lowest BCUT2D eigenvalue weighted by Crippen LogP contribution is -2.22. The molecule has 0 amide bonds. The molecule has 0 fully saturated rings. The van der Waals surface area contributed by atoms with Crippen molar-refractivity contribution < 1.29 is 4.74 Å². The summed E-state index contributed by atoms with van der Waals surface area (Å²) in [6.07, 6.45) is 0. The summed E-state index contributed by atoms with van der Waals surface area (Å²) in [5.41, 5.74) is 0.0246. The molecule has 0 spiro atoms. The first kappa shape index (κ1) is 10.7. The van der Waals surface area contributed by atoms with E-state index in [0.29, 0.717) is 0 Å². The van der Waals surface area contributed by atoms with Crippen molar-refractivity contribution in [3.05, 3.63) is 48.0 Å².